The monoisotopic (exact) mass is 300 g/mol. The number of likely N-dealkylation sites (N-methyl/N-ethyl adjacent to an activating group) is 1. The van der Waals surface area contributed by atoms with E-state index in [1.54, 1.807) is 20.0 Å². The fraction of sp³-hybridized carbons (Fsp3) is 0.643. The minimum absolute atomic E-state index is 0.248. The average molecular weight is 300 g/mol. The average Bonchev–Trinajstić information content (AvgIpc) is 2.43. The molecule has 1 rings (SSSR count). The number of hydrogen-bond acceptors (Lipinski definition) is 6. The molecule has 0 saturated heterocycles. The van der Waals surface area contributed by atoms with Gasteiger partial charge < -0.3 is 30.7 Å². The van der Waals surface area contributed by atoms with Crippen LogP contribution in [0.2, 0.25) is 0 Å². The van der Waals surface area contributed by atoms with E-state index in [1.807, 2.05) is 0 Å². The van der Waals surface area contributed by atoms with E-state index in [2.05, 4.69) is 6.58 Å². The lowest BCUT2D eigenvalue weighted by atomic mass is 9.91. The molecule has 0 aliphatic carbocycles. The maximum Gasteiger partial charge on any atom is 0.219 e. The van der Waals surface area contributed by atoms with Gasteiger partial charge in [-0.1, -0.05) is 6.58 Å². The highest BCUT2D eigenvalue weighted by Crippen LogP contribution is 2.27. The molecule has 1 aliphatic heterocycles. The Kier molecular flexibility index (Phi) is 5.91. The van der Waals surface area contributed by atoms with Crippen molar-refractivity contribution in [1.29, 1.82) is 0 Å². The summed E-state index contributed by atoms with van der Waals surface area (Å²) in [7, 11) is 1.54. The van der Waals surface area contributed by atoms with Crippen LogP contribution in [0, 0.1) is 0 Å². The van der Waals surface area contributed by atoms with Crippen molar-refractivity contribution in [2.75, 3.05) is 13.7 Å². The number of ether oxygens (including phenoxy) is 1. The van der Waals surface area contributed by atoms with E-state index in [4.69, 9.17) is 15.6 Å². The molecule has 5 N–H and O–H groups in total. The first kappa shape index (κ1) is 17.6. The molecular weight excluding hydrogens is 276 g/mol. The van der Waals surface area contributed by atoms with Crippen molar-refractivity contribution in [2.45, 2.75) is 44.2 Å². The van der Waals surface area contributed by atoms with Crippen molar-refractivity contribution in [3.05, 3.63) is 24.0 Å². The Morgan fingerprint density at radius 2 is 2.10 bits per heavy atom. The molecule has 0 aromatic carbocycles. The van der Waals surface area contributed by atoms with E-state index in [-0.39, 0.29) is 5.91 Å². The van der Waals surface area contributed by atoms with Gasteiger partial charge in [0.1, 0.15) is 24.1 Å². The molecule has 7 heteroatoms. The molecule has 0 bridgehead atoms. The summed E-state index contributed by atoms with van der Waals surface area (Å²) in [5.74, 6) is 0.159. The first-order chi connectivity index (χ1) is 9.70. The largest absolute Gasteiger partial charge is 0.485 e. The van der Waals surface area contributed by atoms with Crippen LogP contribution in [0.3, 0.4) is 0 Å². The molecule has 1 heterocycles. The predicted octanol–water partition coefficient (Wildman–Crippen LogP) is -1.27. The van der Waals surface area contributed by atoms with Crippen LogP contribution in [-0.4, -0.2) is 70.2 Å². The zero-order valence-corrected chi connectivity index (χ0v) is 12.6. The molecule has 0 spiro atoms. The predicted molar refractivity (Wildman–Crippen MR) is 77.1 cm³/mol. The van der Waals surface area contributed by atoms with E-state index < -0.39 is 37.0 Å². The molecule has 0 unspecified atom stereocenters. The van der Waals surface area contributed by atoms with Gasteiger partial charge in [-0.15, -0.1) is 0 Å². The lowest BCUT2D eigenvalue weighted by molar-refractivity contribution is -0.143. The molecule has 1 aliphatic rings. The number of rotatable bonds is 5. The van der Waals surface area contributed by atoms with E-state index >= 15 is 0 Å². The van der Waals surface area contributed by atoms with Crippen LogP contribution >= 0.6 is 0 Å². The van der Waals surface area contributed by atoms with Crippen LogP contribution in [0.1, 0.15) is 13.8 Å². The van der Waals surface area contributed by atoms with Gasteiger partial charge in [-0.3, -0.25) is 4.79 Å². The minimum atomic E-state index is -1.39. The lowest BCUT2D eigenvalue weighted by Crippen LogP contribution is -2.62. The zero-order valence-electron chi connectivity index (χ0n) is 12.6. The third-order valence-electron chi connectivity index (χ3n) is 3.62. The molecule has 0 saturated carbocycles. The third-order valence-corrected chi connectivity index (χ3v) is 3.62. The summed E-state index contributed by atoms with van der Waals surface area (Å²) in [5, 5.41) is 28.8. The van der Waals surface area contributed by atoms with Crippen molar-refractivity contribution in [3.8, 4) is 0 Å². The number of aliphatic hydroxyl groups excluding tert-OH is 3. The molecule has 21 heavy (non-hydrogen) atoms. The van der Waals surface area contributed by atoms with Gasteiger partial charge in [0.15, 0.2) is 0 Å². The van der Waals surface area contributed by atoms with E-state index in [9.17, 15) is 15.0 Å². The van der Waals surface area contributed by atoms with E-state index in [0.717, 1.165) is 0 Å². The van der Waals surface area contributed by atoms with Crippen molar-refractivity contribution < 1.29 is 24.9 Å². The molecule has 7 nitrogen and oxygen atoms in total. The highest BCUT2D eigenvalue weighted by Gasteiger charge is 2.43. The fourth-order valence-electron chi connectivity index (χ4n) is 2.28. The molecule has 0 radical (unpaired) electrons. The van der Waals surface area contributed by atoms with Crippen molar-refractivity contribution in [2.24, 2.45) is 5.73 Å². The summed E-state index contributed by atoms with van der Waals surface area (Å²) in [6.07, 6.45) is -2.13. The Morgan fingerprint density at radius 3 is 2.52 bits per heavy atom. The summed E-state index contributed by atoms with van der Waals surface area (Å²) in [6.45, 7) is 6.22. The fourth-order valence-corrected chi connectivity index (χ4v) is 2.28. The van der Waals surface area contributed by atoms with E-state index in [0.29, 0.717) is 11.3 Å². The second-order valence-corrected chi connectivity index (χ2v) is 5.33. The number of allylic oxidation sites excluding steroid dienone is 1. The first-order valence-electron chi connectivity index (χ1n) is 6.71. The summed E-state index contributed by atoms with van der Waals surface area (Å²) in [4.78, 5) is 13.0. The molecule has 0 fully saturated rings. The van der Waals surface area contributed by atoms with Crippen LogP contribution in [0.5, 0.6) is 0 Å². The second kappa shape index (κ2) is 7.04. The number of carbonyl (C=O) groups excluding carboxylic acids is 1. The Hall–Kier alpha value is -1.41. The van der Waals surface area contributed by atoms with Crippen LogP contribution < -0.4 is 5.73 Å². The van der Waals surface area contributed by atoms with E-state index in [1.165, 1.54) is 11.8 Å². The molecule has 0 aromatic rings. The topological polar surface area (TPSA) is 116 Å². The maximum absolute atomic E-state index is 11.6. The van der Waals surface area contributed by atoms with Crippen molar-refractivity contribution >= 4 is 5.91 Å². The van der Waals surface area contributed by atoms with Crippen molar-refractivity contribution in [3.63, 3.8) is 0 Å². The smallest absolute Gasteiger partial charge is 0.219 e. The number of hydrogen-bond donors (Lipinski definition) is 4. The number of amides is 1. The highest BCUT2D eigenvalue weighted by molar-refractivity contribution is 5.73. The molecule has 120 valence electrons. The first-order valence-corrected chi connectivity index (χ1v) is 6.71. The summed E-state index contributed by atoms with van der Waals surface area (Å²) < 4.78 is 5.65. The second-order valence-electron chi connectivity index (χ2n) is 5.33. The maximum atomic E-state index is 11.6. The number of nitrogens with zero attached hydrogens (tertiary/aromatic N) is 1. The van der Waals surface area contributed by atoms with Gasteiger partial charge in [0.05, 0.1) is 18.7 Å². The van der Waals surface area contributed by atoms with Crippen LogP contribution in [0.4, 0.5) is 0 Å². The SMILES string of the molecule is C=C(C)C1=C[C@H](N)[C@@H](N(C)C(C)=O)[C@H]([C@H](O)[C@H](O)CO)O1. The zero-order chi connectivity index (χ0) is 16.3. The molecule has 0 aromatic heterocycles. The van der Waals surface area contributed by atoms with Gasteiger partial charge in [-0.25, -0.2) is 0 Å². The summed E-state index contributed by atoms with van der Waals surface area (Å²) in [6, 6.07) is -1.26. The lowest BCUT2D eigenvalue weighted by Gasteiger charge is -2.43. The standard InChI is InChI=1S/C14H24N2O5/c1-7(2)11-5-9(15)12(16(4)8(3)18)14(21-11)13(20)10(19)6-17/h5,9-10,12-14,17,19-20H,1,6,15H2,2-4H3/t9-,10+,12+,13+,14+/m0/s1. The Morgan fingerprint density at radius 1 is 1.52 bits per heavy atom. The van der Waals surface area contributed by atoms with Crippen LogP contribution in [0.25, 0.3) is 0 Å². The molecule has 5 atom stereocenters. The Bertz CT molecular complexity index is 437. The van der Waals surface area contributed by atoms with Gasteiger partial charge in [0.25, 0.3) is 0 Å². The number of carbonyl (C=O) groups is 1. The van der Waals surface area contributed by atoms with Gasteiger partial charge >= 0.3 is 0 Å². The summed E-state index contributed by atoms with van der Waals surface area (Å²) >= 11 is 0. The molecule has 1 amide bonds. The molecular formula is C14H24N2O5. The van der Waals surface area contributed by atoms with Crippen LogP contribution in [-0.2, 0) is 9.53 Å². The van der Waals surface area contributed by atoms with Gasteiger partial charge in [0, 0.05) is 14.0 Å². The Labute approximate surface area is 124 Å². The Balaban J connectivity index is 3.16. The van der Waals surface area contributed by atoms with Gasteiger partial charge in [0.2, 0.25) is 5.91 Å². The third kappa shape index (κ3) is 3.82. The van der Waals surface area contributed by atoms with Crippen molar-refractivity contribution in [1.82, 2.24) is 4.90 Å². The van der Waals surface area contributed by atoms with Gasteiger partial charge in [-0.2, -0.15) is 0 Å². The van der Waals surface area contributed by atoms with Gasteiger partial charge in [-0.05, 0) is 18.6 Å². The quantitative estimate of drug-likeness (QED) is 0.503. The van der Waals surface area contributed by atoms with Crippen LogP contribution in [0.15, 0.2) is 24.0 Å². The minimum Gasteiger partial charge on any atom is -0.485 e. The number of nitrogens with two attached hydrogens (primary N) is 1. The number of aliphatic hydroxyl groups is 3. The highest BCUT2D eigenvalue weighted by atomic mass is 16.5. The summed E-state index contributed by atoms with van der Waals surface area (Å²) in [5.41, 5.74) is 6.68. The normalized spacial score (nSPS) is 28.1.